The highest BCUT2D eigenvalue weighted by Gasteiger charge is 2.44. The summed E-state index contributed by atoms with van der Waals surface area (Å²) >= 11 is 0. The summed E-state index contributed by atoms with van der Waals surface area (Å²) in [7, 11) is -1.73. The van der Waals surface area contributed by atoms with E-state index in [0.29, 0.717) is 0 Å². The van der Waals surface area contributed by atoms with Gasteiger partial charge < -0.3 is 21.9 Å². The highest BCUT2D eigenvalue weighted by Crippen LogP contribution is 2.55. The van der Waals surface area contributed by atoms with Gasteiger partial charge in [-0.3, -0.25) is 0 Å². The van der Waals surface area contributed by atoms with Gasteiger partial charge in [-0.1, -0.05) is 164 Å². The molecule has 0 saturated carbocycles. The molecule has 0 aliphatic heterocycles. The van der Waals surface area contributed by atoms with Gasteiger partial charge >= 0.3 is 0 Å². The van der Waals surface area contributed by atoms with Crippen molar-refractivity contribution in [3.63, 3.8) is 0 Å². The quantitative estimate of drug-likeness (QED) is 0.0284. The van der Waals surface area contributed by atoms with Crippen LogP contribution in [0.3, 0.4) is 0 Å². The molecule has 0 atom stereocenters. The predicted molar refractivity (Wildman–Crippen MR) is 223 cm³/mol. The smallest absolute Gasteiger partial charge is 0.157 e. The van der Waals surface area contributed by atoms with Gasteiger partial charge in [0.05, 0.1) is 6.16 Å². The SMILES string of the molecule is CCCCCCCCCOC(CCCCC/C=C/CCC[P+](c1ccccc1)(c1ccccc1)c1ccccc1)OCCCCCCCCC.[Cl-]. The highest BCUT2D eigenvalue weighted by molar-refractivity contribution is 7.95. The van der Waals surface area contributed by atoms with Crippen LogP contribution >= 0.6 is 7.26 Å². The van der Waals surface area contributed by atoms with E-state index >= 15 is 0 Å². The van der Waals surface area contributed by atoms with E-state index in [1.807, 2.05) is 0 Å². The molecule has 3 aromatic rings. The number of unbranched alkanes of at least 4 members (excludes halogenated alkanes) is 16. The van der Waals surface area contributed by atoms with Crippen molar-refractivity contribution >= 4 is 23.2 Å². The second kappa shape index (κ2) is 30.5. The predicted octanol–water partition coefficient (Wildman–Crippen LogP) is 10.1. The molecule has 0 radical (unpaired) electrons. The van der Waals surface area contributed by atoms with Gasteiger partial charge in [-0.15, -0.1) is 0 Å². The lowest BCUT2D eigenvalue weighted by molar-refractivity contribution is -0.148. The van der Waals surface area contributed by atoms with Crippen LogP contribution in [0.4, 0.5) is 0 Å². The van der Waals surface area contributed by atoms with Gasteiger partial charge in [-0.2, -0.15) is 0 Å². The van der Waals surface area contributed by atoms with Crippen molar-refractivity contribution in [2.24, 2.45) is 0 Å². The zero-order chi connectivity index (χ0) is 35.2. The van der Waals surface area contributed by atoms with Gasteiger partial charge in [0, 0.05) is 13.2 Å². The first-order chi connectivity index (χ1) is 24.8. The molecule has 0 aromatic heterocycles. The Morgan fingerprint density at radius 3 is 1.25 bits per heavy atom. The summed E-state index contributed by atoms with van der Waals surface area (Å²) in [6.07, 6.45) is 32.7. The number of hydrogen-bond acceptors (Lipinski definition) is 2. The number of rotatable bonds is 31. The molecule has 0 aliphatic rings. The van der Waals surface area contributed by atoms with Crippen LogP contribution in [0, 0.1) is 0 Å². The fourth-order valence-corrected chi connectivity index (χ4v) is 11.4. The molecule has 3 rings (SSSR count). The summed E-state index contributed by atoms with van der Waals surface area (Å²) in [4.78, 5) is 0. The van der Waals surface area contributed by atoms with E-state index in [0.717, 1.165) is 26.1 Å². The summed E-state index contributed by atoms with van der Waals surface area (Å²) in [5, 5.41) is 4.45. The Labute approximate surface area is 321 Å². The second-order valence-electron chi connectivity index (χ2n) is 14.2. The number of halogens is 1. The van der Waals surface area contributed by atoms with Crippen molar-refractivity contribution in [3.8, 4) is 0 Å². The number of hydrogen-bond donors (Lipinski definition) is 0. The van der Waals surface area contributed by atoms with E-state index in [2.05, 4.69) is 117 Å². The van der Waals surface area contributed by atoms with Crippen LogP contribution in [0.15, 0.2) is 103 Å². The normalized spacial score (nSPS) is 11.7. The third-order valence-electron chi connectivity index (χ3n) is 10.0. The van der Waals surface area contributed by atoms with Crippen molar-refractivity contribution in [1.29, 1.82) is 0 Å². The molecule has 0 fully saturated rings. The monoisotopic (exact) mass is 734 g/mol. The molecule has 51 heavy (non-hydrogen) atoms. The fraction of sp³-hybridized carbons (Fsp3) is 0.574. The van der Waals surface area contributed by atoms with Crippen LogP contribution in [-0.2, 0) is 9.47 Å². The first-order valence-electron chi connectivity index (χ1n) is 20.7. The third-order valence-corrected chi connectivity index (χ3v) is 14.6. The van der Waals surface area contributed by atoms with Crippen LogP contribution < -0.4 is 28.3 Å². The van der Waals surface area contributed by atoms with E-state index in [1.54, 1.807) is 0 Å². The lowest BCUT2D eigenvalue weighted by Gasteiger charge is -2.27. The van der Waals surface area contributed by atoms with E-state index in [9.17, 15) is 0 Å². The van der Waals surface area contributed by atoms with Crippen LogP contribution in [0.1, 0.15) is 149 Å². The topological polar surface area (TPSA) is 18.5 Å². The van der Waals surface area contributed by atoms with Crippen LogP contribution in [0.5, 0.6) is 0 Å². The molecule has 0 spiro atoms. The Hall–Kier alpha value is -1.96. The maximum Gasteiger partial charge on any atom is 0.157 e. The minimum absolute atomic E-state index is 0. The van der Waals surface area contributed by atoms with E-state index in [-0.39, 0.29) is 18.7 Å². The lowest BCUT2D eigenvalue weighted by atomic mass is 10.1. The van der Waals surface area contributed by atoms with E-state index < -0.39 is 7.26 Å². The van der Waals surface area contributed by atoms with Gasteiger partial charge in [-0.25, -0.2) is 0 Å². The van der Waals surface area contributed by atoms with Gasteiger partial charge in [-0.05, 0) is 87.8 Å². The standard InChI is InChI=1S/C47H72O2P.ClH/c1-3-5-7-9-14-18-31-41-48-47(49-42-32-19-15-10-8-6-4-2)40-30-17-13-11-12-16-20-33-43-50(44-34-24-21-25-35-44,45-36-26-22-27-37-45)46-38-28-23-29-39-46;/h12,16,21-29,34-39,47H,3-11,13-15,17-20,30-33,40-43H2,1-2H3;1H/q+1;/p-1/b16-12+;. The Kier molecular flexibility index (Phi) is 27.0. The highest BCUT2D eigenvalue weighted by atomic mass is 35.5. The van der Waals surface area contributed by atoms with Gasteiger partial charge in [0.2, 0.25) is 0 Å². The first-order valence-corrected chi connectivity index (χ1v) is 22.7. The molecular weight excluding hydrogens is 663 g/mol. The van der Waals surface area contributed by atoms with Crippen molar-refractivity contribution in [1.82, 2.24) is 0 Å². The van der Waals surface area contributed by atoms with E-state index in [4.69, 9.17) is 9.47 Å². The molecule has 0 aliphatic carbocycles. The summed E-state index contributed by atoms with van der Waals surface area (Å²) in [6, 6.07) is 33.8. The molecule has 0 bridgehead atoms. The van der Waals surface area contributed by atoms with Crippen LogP contribution in [-0.4, -0.2) is 25.7 Å². The van der Waals surface area contributed by atoms with Gasteiger partial charge in [0.25, 0.3) is 0 Å². The number of ether oxygens (including phenoxy) is 2. The molecule has 2 nitrogen and oxygen atoms in total. The van der Waals surface area contributed by atoms with Gasteiger partial charge in [0.1, 0.15) is 23.2 Å². The fourth-order valence-electron chi connectivity index (χ4n) is 7.08. The zero-order valence-corrected chi connectivity index (χ0v) is 34.2. The minimum Gasteiger partial charge on any atom is -1.00 e. The average Bonchev–Trinajstić information content (AvgIpc) is 3.17. The molecular formula is C47H72ClO2P. The van der Waals surface area contributed by atoms with Crippen LogP contribution in [0.25, 0.3) is 0 Å². The minimum atomic E-state index is -1.73. The summed E-state index contributed by atoms with van der Waals surface area (Å²) in [6.45, 7) is 6.27. The summed E-state index contributed by atoms with van der Waals surface area (Å²) in [5.41, 5.74) is 0. The zero-order valence-electron chi connectivity index (χ0n) is 32.5. The molecule has 0 saturated heterocycles. The number of benzene rings is 3. The lowest BCUT2D eigenvalue weighted by Crippen LogP contribution is -3.00. The Morgan fingerprint density at radius 2 is 0.824 bits per heavy atom. The van der Waals surface area contributed by atoms with Crippen LogP contribution in [0.2, 0.25) is 0 Å². The number of allylic oxidation sites excluding steroid dienone is 2. The van der Waals surface area contributed by atoms with Crippen molar-refractivity contribution in [2.45, 2.75) is 155 Å². The Balaban J connectivity index is 0.00000901. The maximum absolute atomic E-state index is 6.29. The molecule has 0 amide bonds. The summed E-state index contributed by atoms with van der Waals surface area (Å²) in [5.74, 6) is 0. The second-order valence-corrected chi connectivity index (χ2v) is 17.8. The maximum atomic E-state index is 6.29. The van der Waals surface area contributed by atoms with Crippen molar-refractivity contribution in [2.75, 3.05) is 19.4 Å². The van der Waals surface area contributed by atoms with E-state index in [1.165, 1.54) is 144 Å². The van der Waals surface area contributed by atoms with Gasteiger partial charge in [0.15, 0.2) is 6.29 Å². The Morgan fingerprint density at radius 1 is 0.451 bits per heavy atom. The molecule has 0 heterocycles. The third kappa shape index (κ3) is 18.6. The first kappa shape index (κ1) is 45.2. The summed E-state index contributed by atoms with van der Waals surface area (Å²) < 4.78 is 12.6. The largest absolute Gasteiger partial charge is 1.00 e. The van der Waals surface area contributed by atoms with Crippen molar-refractivity contribution in [3.05, 3.63) is 103 Å². The van der Waals surface area contributed by atoms with Crippen molar-refractivity contribution < 1.29 is 21.9 Å². The molecule has 4 heteroatoms. The molecule has 284 valence electrons. The molecule has 0 unspecified atom stereocenters. The average molecular weight is 736 g/mol. The molecule has 3 aromatic carbocycles. The Bertz CT molecular complexity index is 1090. The molecule has 0 N–H and O–H groups in total.